The molecule has 0 amide bonds. The highest BCUT2D eigenvalue weighted by atomic mass is 15.1. The molecule has 0 aromatic heterocycles. The van der Waals surface area contributed by atoms with Crippen molar-refractivity contribution in [2.75, 3.05) is 4.90 Å². The van der Waals surface area contributed by atoms with Gasteiger partial charge in [-0.3, -0.25) is 0 Å². The molecular formula is C69H63N. The average Bonchev–Trinajstić information content (AvgIpc) is 3.89. The molecule has 1 spiro atoms. The maximum atomic E-state index is 2.55. The first-order valence-electron chi connectivity index (χ1n) is 25.3. The number of aryl methyl sites for hydroxylation is 5. The molecule has 0 radical (unpaired) electrons. The molecule has 1 nitrogen and oxygen atoms in total. The van der Waals surface area contributed by atoms with Crippen molar-refractivity contribution in [1.82, 2.24) is 0 Å². The van der Waals surface area contributed by atoms with Crippen LogP contribution in [0.15, 0.2) is 182 Å². The van der Waals surface area contributed by atoms with Gasteiger partial charge in [0.2, 0.25) is 0 Å². The summed E-state index contributed by atoms with van der Waals surface area (Å²) in [4.78, 5) is 2.55. The average molecular weight is 906 g/mol. The van der Waals surface area contributed by atoms with Crippen molar-refractivity contribution in [3.05, 3.63) is 265 Å². The molecule has 0 heterocycles. The molecule has 9 aromatic rings. The summed E-state index contributed by atoms with van der Waals surface area (Å²) in [5.41, 5.74) is 30.0. The molecule has 0 fully saturated rings. The molecule has 9 aromatic carbocycles. The third-order valence-corrected chi connectivity index (χ3v) is 16.1. The zero-order chi connectivity index (χ0) is 48.6. The van der Waals surface area contributed by atoms with Gasteiger partial charge in [0.25, 0.3) is 0 Å². The predicted octanol–water partition coefficient (Wildman–Crippen LogP) is 18.0. The Labute approximate surface area is 416 Å². The van der Waals surface area contributed by atoms with Gasteiger partial charge in [-0.05, 0) is 182 Å². The summed E-state index contributed by atoms with van der Waals surface area (Å²) in [6.45, 7) is 25.1. The lowest BCUT2D eigenvalue weighted by atomic mass is 9.67. The number of fused-ring (bicyclic) bond motifs is 13. The molecule has 0 atom stereocenters. The normalized spacial score (nSPS) is 14.4. The number of hydrogen-bond donors (Lipinski definition) is 0. The molecule has 0 aliphatic heterocycles. The molecule has 70 heavy (non-hydrogen) atoms. The van der Waals surface area contributed by atoms with Gasteiger partial charge < -0.3 is 4.90 Å². The minimum absolute atomic E-state index is 0.0279. The fourth-order valence-electron chi connectivity index (χ4n) is 12.9. The maximum Gasteiger partial charge on any atom is 0.0726 e. The van der Waals surface area contributed by atoms with Gasteiger partial charge in [-0.2, -0.15) is 0 Å². The number of rotatable bonds is 5. The van der Waals surface area contributed by atoms with Gasteiger partial charge in [0.15, 0.2) is 0 Å². The molecule has 0 bridgehead atoms. The van der Waals surface area contributed by atoms with Crippen molar-refractivity contribution in [3.63, 3.8) is 0 Å². The third kappa shape index (κ3) is 6.36. The van der Waals surface area contributed by atoms with E-state index in [9.17, 15) is 0 Å². The first kappa shape index (κ1) is 44.0. The quantitative estimate of drug-likeness (QED) is 0.166. The predicted molar refractivity (Wildman–Crippen MR) is 296 cm³/mol. The molecule has 12 rings (SSSR count). The van der Waals surface area contributed by atoms with Crippen LogP contribution in [0.3, 0.4) is 0 Å². The van der Waals surface area contributed by atoms with E-state index < -0.39 is 10.8 Å². The Balaban J connectivity index is 1.14. The minimum Gasteiger partial charge on any atom is -0.310 e. The summed E-state index contributed by atoms with van der Waals surface area (Å²) in [7, 11) is 0. The van der Waals surface area contributed by atoms with Crippen LogP contribution in [-0.4, -0.2) is 0 Å². The van der Waals surface area contributed by atoms with E-state index in [4.69, 9.17) is 0 Å². The van der Waals surface area contributed by atoms with E-state index in [1.807, 2.05) is 0 Å². The van der Waals surface area contributed by atoms with E-state index in [-0.39, 0.29) is 10.8 Å². The third-order valence-electron chi connectivity index (χ3n) is 16.1. The molecule has 0 N–H and O–H groups in total. The van der Waals surface area contributed by atoms with Crippen molar-refractivity contribution in [3.8, 4) is 33.4 Å². The highest BCUT2D eigenvalue weighted by Gasteiger charge is 2.52. The zero-order valence-electron chi connectivity index (χ0n) is 42.8. The lowest BCUT2D eigenvalue weighted by molar-refractivity contribution is 0.588. The van der Waals surface area contributed by atoms with Gasteiger partial charge in [-0.15, -0.1) is 0 Å². The summed E-state index contributed by atoms with van der Waals surface area (Å²) in [5, 5.41) is 0. The first-order valence-corrected chi connectivity index (χ1v) is 25.3. The number of nitrogens with zero attached hydrogens (tertiary/aromatic N) is 1. The SMILES string of the molecule is Cc1cc(C)cc(N(c2ccc3c(c2)C(c2ccc(C(C)(C)C)cc2)(c2ccc(C(C)(C)C)cc2)c2ccccc2-3)c2ccc3c(c2)C2(c4cc(C)ccc4-c4ccc(C)cc42)c2cc(C)ccc2-3)c1. The summed E-state index contributed by atoms with van der Waals surface area (Å²) >= 11 is 0. The van der Waals surface area contributed by atoms with Crippen molar-refractivity contribution < 1.29 is 0 Å². The van der Waals surface area contributed by atoms with Crippen LogP contribution < -0.4 is 4.90 Å². The first-order chi connectivity index (χ1) is 33.5. The summed E-state index contributed by atoms with van der Waals surface area (Å²) in [6, 6.07) is 71.4. The second-order valence-corrected chi connectivity index (χ2v) is 23.0. The summed E-state index contributed by atoms with van der Waals surface area (Å²) in [5.74, 6) is 0. The van der Waals surface area contributed by atoms with Crippen LogP contribution in [-0.2, 0) is 21.7 Å². The molecule has 3 aliphatic rings. The Morgan fingerprint density at radius 2 is 0.643 bits per heavy atom. The fraction of sp³-hybridized carbons (Fsp3) is 0.217. The van der Waals surface area contributed by atoms with Gasteiger partial charge >= 0.3 is 0 Å². The van der Waals surface area contributed by atoms with Crippen LogP contribution >= 0.6 is 0 Å². The second-order valence-electron chi connectivity index (χ2n) is 23.0. The van der Waals surface area contributed by atoms with E-state index in [2.05, 4.69) is 263 Å². The van der Waals surface area contributed by atoms with Crippen molar-refractivity contribution in [2.45, 2.75) is 97.8 Å². The molecule has 3 aliphatic carbocycles. The molecule has 1 heteroatoms. The van der Waals surface area contributed by atoms with Crippen LogP contribution in [0, 0.1) is 34.6 Å². The Morgan fingerprint density at radius 1 is 0.286 bits per heavy atom. The van der Waals surface area contributed by atoms with Crippen LogP contribution in [0.1, 0.15) is 125 Å². The lowest BCUT2D eigenvalue weighted by Gasteiger charge is -2.36. The Bertz CT molecular complexity index is 3450. The number of hydrogen-bond acceptors (Lipinski definition) is 1. The molecule has 0 saturated heterocycles. The number of benzene rings is 9. The highest BCUT2D eigenvalue weighted by Crippen LogP contribution is 2.64. The largest absolute Gasteiger partial charge is 0.310 e. The van der Waals surface area contributed by atoms with Crippen LogP contribution in [0.4, 0.5) is 17.1 Å². The van der Waals surface area contributed by atoms with E-state index in [1.165, 1.54) is 117 Å². The van der Waals surface area contributed by atoms with Crippen LogP contribution in [0.5, 0.6) is 0 Å². The topological polar surface area (TPSA) is 3.24 Å². The Hall–Kier alpha value is -7.22. The van der Waals surface area contributed by atoms with Gasteiger partial charge in [-0.25, -0.2) is 0 Å². The van der Waals surface area contributed by atoms with Gasteiger partial charge in [0.05, 0.1) is 10.8 Å². The van der Waals surface area contributed by atoms with Crippen molar-refractivity contribution in [1.29, 1.82) is 0 Å². The monoisotopic (exact) mass is 905 g/mol. The summed E-state index contributed by atoms with van der Waals surface area (Å²) < 4.78 is 0. The van der Waals surface area contributed by atoms with E-state index >= 15 is 0 Å². The molecule has 0 saturated carbocycles. The number of anilines is 3. The van der Waals surface area contributed by atoms with Crippen molar-refractivity contribution in [2.24, 2.45) is 0 Å². The highest BCUT2D eigenvalue weighted by molar-refractivity contribution is 5.97. The van der Waals surface area contributed by atoms with Gasteiger partial charge in [0, 0.05) is 17.1 Å². The van der Waals surface area contributed by atoms with Gasteiger partial charge in [0.1, 0.15) is 0 Å². The molecular weight excluding hydrogens is 843 g/mol. The standard InChI is InChI=1S/C69H63N/c1-42-16-29-55-56-30-17-43(2)38-62(56)69(61(55)37-42)63-39-44(3)18-31-57(63)59-33-28-52(41-65(59)69)70(53-35-45(4)34-46(5)36-53)51-27-32-58-54-14-12-13-15-60(54)68(64(58)40-51,49-23-19-47(20-24-49)66(6,7)8)50-25-21-48(22-26-50)67(9,10)11/h12-41H,1-11H3. The summed E-state index contributed by atoms with van der Waals surface area (Å²) in [6.07, 6.45) is 0. The minimum atomic E-state index is -0.572. The van der Waals surface area contributed by atoms with E-state index in [0.29, 0.717) is 0 Å². The fourth-order valence-corrected chi connectivity index (χ4v) is 12.9. The molecule has 344 valence electrons. The zero-order valence-corrected chi connectivity index (χ0v) is 42.8. The Kier molecular flexibility index (Phi) is 9.68. The smallest absolute Gasteiger partial charge is 0.0726 e. The van der Waals surface area contributed by atoms with E-state index in [1.54, 1.807) is 0 Å². The van der Waals surface area contributed by atoms with Crippen LogP contribution in [0.25, 0.3) is 33.4 Å². The lowest BCUT2D eigenvalue weighted by Crippen LogP contribution is -2.29. The van der Waals surface area contributed by atoms with Crippen molar-refractivity contribution >= 4 is 17.1 Å². The second kappa shape index (κ2) is 15.4. The maximum absolute atomic E-state index is 2.55. The Morgan fingerprint density at radius 3 is 1.06 bits per heavy atom. The molecule has 0 unspecified atom stereocenters. The van der Waals surface area contributed by atoms with Crippen LogP contribution in [0.2, 0.25) is 0 Å². The van der Waals surface area contributed by atoms with E-state index in [0.717, 1.165) is 17.1 Å². The van der Waals surface area contributed by atoms with Gasteiger partial charge in [-0.1, -0.05) is 204 Å².